The Morgan fingerprint density at radius 2 is 0.333 bits per heavy atom. The molecule has 0 unspecified atom stereocenters. The number of nitrogens with zero attached hydrogens (tertiary/aromatic N) is 3. The third kappa shape index (κ3) is 19700. The molecular formula is C3H20MnN3NaO10. The van der Waals surface area contributed by atoms with Crippen LogP contribution in [0.2, 0.25) is 0 Å². The molecule has 0 heterocycles. The molecule has 0 spiro atoms. The van der Waals surface area contributed by atoms with Crippen LogP contribution in [0.3, 0.4) is 0 Å². The van der Waals surface area contributed by atoms with Gasteiger partial charge in [0.1, 0.15) is 0 Å². The van der Waals surface area contributed by atoms with Gasteiger partial charge in [0.25, 0.3) is 0 Å². The van der Waals surface area contributed by atoms with Crippen molar-refractivity contribution < 1.29 is 101 Å². The number of hydrogen-bond donors (Lipinski definition) is 0. The van der Waals surface area contributed by atoms with Crippen LogP contribution in [-0.4, -0.2) is 54.8 Å². The van der Waals surface area contributed by atoms with Crippen molar-refractivity contribution in [1.82, 2.24) is 0 Å². The molecule has 0 atom stereocenters. The van der Waals surface area contributed by atoms with Crippen molar-refractivity contribution in [3.63, 3.8) is 0 Å². The second kappa shape index (κ2) is 23900. The van der Waals surface area contributed by atoms with E-state index < -0.39 is 0 Å². The summed E-state index contributed by atoms with van der Waals surface area (Å²) in [5, 5.41) is 18.8. The van der Waals surface area contributed by atoms with Gasteiger partial charge < -0.3 is 90.3 Å². The molecule has 15 heteroatoms. The molecule has 0 aliphatic rings. The molecule has 0 aromatic rings. The fourth-order valence-electron chi connectivity index (χ4n) is 0. The zero-order valence-corrected chi connectivity index (χ0v) is 12.4. The molecule has 0 aromatic heterocycles. The first-order valence-corrected chi connectivity index (χ1v) is 0.671. The van der Waals surface area contributed by atoms with Crippen molar-refractivity contribution >= 4 is 0 Å². The van der Waals surface area contributed by atoms with Crippen LogP contribution in [0.5, 0.6) is 0 Å². The Bertz CT molecular complexity index is 60.9. The fourth-order valence-corrected chi connectivity index (χ4v) is 0. The predicted octanol–water partition coefficient (Wildman–Crippen LogP) is -11.0. The van der Waals surface area contributed by atoms with E-state index in [4.69, 9.17) is 35.5 Å². The molecule has 0 aromatic carbocycles. The van der Waals surface area contributed by atoms with Gasteiger partial charge in [-0.15, -0.1) is 0 Å². The Morgan fingerprint density at radius 3 is 0.333 bits per heavy atom. The molecule has 0 bridgehead atoms. The summed E-state index contributed by atoms with van der Waals surface area (Å²) in [6.07, 6.45) is 0. The van der Waals surface area contributed by atoms with Crippen LogP contribution in [0, 0.1) is 35.5 Å². The summed E-state index contributed by atoms with van der Waals surface area (Å²) in [5.41, 5.74) is 0. The molecule has 0 saturated heterocycles. The summed E-state index contributed by atoms with van der Waals surface area (Å²) in [6, 6.07) is 0. The molecule has 1 radical (unpaired) electrons. The fraction of sp³-hybridized carbons (Fsp3) is 0. The average molecular weight is 336 g/mol. The van der Waals surface area contributed by atoms with Crippen molar-refractivity contribution in [3.8, 4) is 0 Å². The summed E-state index contributed by atoms with van der Waals surface area (Å²) in [4.78, 5) is 0. The molecule has 115 valence electrons. The Labute approximate surface area is 136 Å². The summed E-state index contributed by atoms with van der Waals surface area (Å²) < 4.78 is 0. The summed E-state index contributed by atoms with van der Waals surface area (Å²) >= 11 is 0. The van der Waals surface area contributed by atoms with Crippen LogP contribution in [0.1, 0.15) is 0 Å². The van der Waals surface area contributed by atoms with Crippen molar-refractivity contribution in [2.45, 2.75) is 0 Å². The van der Waals surface area contributed by atoms with Crippen LogP contribution >= 0.6 is 0 Å². The monoisotopic (exact) mass is 336 g/mol. The van der Waals surface area contributed by atoms with Crippen LogP contribution < -0.4 is 29.6 Å². The molecule has 18 heavy (non-hydrogen) atoms. The standard InChI is InChI=1S/3CN.Mn.Na.10H2O/c3*1-2;;;;;;;;;;;;/h;;;;;10*1H2/q3*-1;+2;+1;;;;;;;;;;. The Kier molecular flexibility index (Phi) is 960000. The zero-order valence-electron chi connectivity index (χ0n) is 9.22. The van der Waals surface area contributed by atoms with Gasteiger partial charge in [-0.1, -0.05) is 0 Å². The molecule has 0 aliphatic carbocycles. The molecule has 0 saturated carbocycles. The minimum atomic E-state index is 0. The van der Waals surface area contributed by atoms with Gasteiger partial charge in [0, 0.05) is 0 Å². The van der Waals surface area contributed by atoms with Gasteiger partial charge in [-0.3, -0.25) is 0 Å². The second-order valence-electron chi connectivity index (χ2n) is 0. The van der Waals surface area contributed by atoms with Crippen LogP contribution in [0.15, 0.2) is 0 Å². The maximum Gasteiger partial charge on any atom is 2.00 e. The van der Waals surface area contributed by atoms with Gasteiger partial charge in [0.05, 0.1) is 0 Å². The first-order valence-electron chi connectivity index (χ1n) is 0.671. The van der Waals surface area contributed by atoms with Gasteiger partial charge in [0.15, 0.2) is 0 Å². The zero-order chi connectivity index (χ0) is 6.00. The molecule has 13 nitrogen and oxygen atoms in total. The summed E-state index contributed by atoms with van der Waals surface area (Å²) in [5.74, 6) is 0. The quantitative estimate of drug-likeness (QED) is 0.307. The smallest absolute Gasteiger partial charge is 0.512 e. The third-order valence-corrected chi connectivity index (χ3v) is 0. The van der Waals surface area contributed by atoms with Gasteiger partial charge in [-0.25, -0.2) is 0 Å². The van der Waals surface area contributed by atoms with Gasteiger partial charge >= 0.3 is 46.6 Å². The molecular weight excluding hydrogens is 316 g/mol. The molecule has 20 N–H and O–H groups in total. The van der Waals surface area contributed by atoms with Crippen LogP contribution in [-0.2, 0) is 17.1 Å². The van der Waals surface area contributed by atoms with E-state index in [1.54, 1.807) is 0 Å². The molecule has 0 amide bonds. The second-order valence-corrected chi connectivity index (χ2v) is 0. The average Bonchev–Trinajstić information content (AvgIpc) is 1.81. The summed E-state index contributed by atoms with van der Waals surface area (Å²) in [7, 11) is 0. The van der Waals surface area contributed by atoms with Crippen molar-refractivity contribution in [2.24, 2.45) is 0 Å². The normalized spacial score (nSPS) is 0.333. The first-order chi connectivity index (χ1) is 3.00. The Morgan fingerprint density at radius 1 is 0.333 bits per heavy atom. The van der Waals surface area contributed by atoms with Gasteiger partial charge in [-0.2, -0.15) is 0 Å². The molecule has 0 fully saturated rings. The summed E-state index contributed by atoms with van der Waals surface area (Å²) in [6.45, 7) is 14.2. The molecule has 0 aliphatic heterocycles. The van der Waals surface area contributed by atoms with Crippen LogP contribution in [0.25, 0.3) is 0 Å². The number of rotatable bonds is 0. The van der Waals surface area contributed by atoms with E-state index in [1.165, 1.54) is 0 Å². The Balaban J connectivity index is -0.000000000433. The van der Waals surface area contributed by atoms with E-state index in [0.717, 1.165) is 0 Å². The van der Waals surface area contributed by atoms with E-state index in [2.05, 4.69) is 0 Å². The van der Waals surface area contributed by atoms with E-state index in [-0.39, 0.29) is 101 Å². The topological polar surface area (TPSA) is 386 Å². The third-order valence-electron chi connectivity index (χ3n) is 0. The van der Waals surface area contributed by atoms with Crippen molar-refractivity contribution in [2.75, 3.05) is 0 Å². The largest absolute Gasteiger partial charge is 2.00 e. The van der Waals surface area contributed by atoms with E-state index in [9.17, 15) is 0 Å². The van der Waals surface area contributed by atoms with Crippen molar-refractivity contribution in [3.05, 3.63) is 19.7 Å². The number of hydrogen-bond acceptors (Lipinski definition) is 3. The minimum Gasteiger partial charge on any atom is -0.512 e. The van der Waals surface area contributed by atoms with Crippen LogP contribution in [0.4, 0.5) is 0 Å². The van der Waals surface area contributed by atoms with Crippen molar-refractivity contribution in [1.29, 1.82) is 15.8 Å². The van der Waals surface area contributed by atoms with E-state index in [0.29, 0.717) is 0 Å². The molecule has 0 rings (SSSR count). The first kappa shape index (κ1) is 722. The van der Waals surface area contributed by atoms with E-state index in [1.807, 2.05) is 0 Å². The predicted molar refractivity (Wildman–Crippen MR) is 51.0 cm³/mol. The van der Waals surface area contributed by atoms with E-state index >= 15 is 0 Å². The Hall–Kier alpha value is -0.411. The maximum absolute atomic E-state index is 6.25. The maximum atomic E-state index is 6.25. The van der Waals surface area contributed by atoms with Gasteiger partial charge in [0.2, 0.25) is 0 Å². The SMILES string of the molecule is O.O.O.O.O.O.O.O.O.O.[C-]#N.[C-]#N.[C-]#N.[Mn+2].[Na+]. The minimum absolute atomic E-state index is 0. The van der Waals surface area contributed by atoms with Gasteiger partial charge in [-0.05, 0) is 0 Å².